The first-order chi connectivity index (χ1) is 12.6. The molecule has 142 valence electrons. The summed E-state index contributed by atoms with van der Waals surface area (Å²) in [7, 11) is 0. The Labute approximate surface area is 149 Å². The van der Waals surface area contributed by atoms with Crippen molar-refractivity contribution in [3.05, 3.63) is 65.1 Å². The zero-order valence-corrected chi connectivity index (χ0v) is 13.6. The van der Waals surface area contributed by atoms with Crippen LogP contribution in [0.4, 0.5) is 32.0 Å². The van der Waals surface area contributed by atoms with E-state index in [0.29, 0.717) is 0 Å². The van der Waals surface area contributed by atoms with Crippen LogP contribution in [-0.4, -0.2) is 17.1 Å². The summed E-state index contributed by atoms with van der Waals surface area (Å²) < 4.78 is 77.3. The molecule has 0 atom stereocenters. The topological polar surface area (TPSA) is 44.9 Å². The number of alkyl halides is 3. The number of hydrogen-bond acceptors (Lipinski definition) is 1. The van der Waals surface area contributed by atoms with E-state index in [-0.39, 0.29) is 27.7 Å². The predicted molar refractivity (Wildman–Crippen MR) is 86.9 cm³/mol. The molecule has 0 saturated heterocycles. The first-order valence-corrected chi connectivity index (χ1v) is 7.77. The average molecular weight is 386 g/mol. The quantitative estimate of drug-likeness (QED) is 0.585. The first kappa shape index (κ1) is 18.8. The molecular formula is C18H12F6N2O. The normalized spacial score (nSPS) is 11.8. The van der Waals surface area contributed by atoms with Crippen LogP contribution in [0.15, 0.2) is 36.5 Å². The molecular weight excluding hydrogens is 374 g/mol. The van der Waals surface area contributed by atoms with E-state index < -0.39 is 42.4 Å². The number of benzene rings is 2. The number of fused-ring (bicyclic) bond motifs is 1. The van der Waals surface area contributed by atoms with Gasteiger partial charge >= 0.3 is 6.18 Å². The number of carbonyl (C=O) groups excluding carboxylic acids is 1. The largest absolute Gasteiger partial charge is 0.389 e. The Kier molecular flexibility index (Phi) is 4.86. The van der Waals surface area contributed by atoms with Crippen LogP contribution in [0.3, 0.4) is 0 Å². The lowest BCUT2D eigenvalue weighted by Crippen LogP contribution is -2.13. The molecule has 27 heavy (non-hydrogen) atoms. The monoisotopic (exact) mass is 386 g/mol. The van der Waals surface area contributed by atoms with Gasteiger partial charge in [0.1, 0.15) is 5.82 Å². The van der Waals surface area contributed by atoms with Crippen molar-refractivity contribution in [2.45, 2.75) is 19.0 Å². The fraction of sp³-hybridized carbons (Fsp3) is 0.167. The standard InChI is InChI=1S/C18H12F6N2O/c19-12-5-10(2-1-9(12)3-4-18(22,23)24)17(27)26-16-8-25-15-7-14(21)13(20)6-11(15)16/h1-2,5-8,25H,3-4H2,(H,26,27). The average Bonchev–Trinajstić information content (AvgIpc) is 2.95. The molecule has 0 aliphatic heterocycles. The summed E-state index contributed by atoms with van der Waals surface area (Å²) in [4.78, 5) is 14.9. The Morgan fingerprint density at radius 3 is 2.37 bits per heavy atom. The van der Waals surface area contributed by atoms with Crippen LogP contribution in [-0.2, 0) is 6.42 Å². The van der Waals surface area contributed by atoms with Crippen LogP contribution in [0.1, 0.15) is 22.3 Å². The van der Waals surface area contributed by atoms with E-state index in [1.165, 1.54) is 12.3 Å². The van der Waals surface area contributed by atoms with E-state index >= 15 is 0 Å². The Morgan fingerprint density at radius 2 is 1.70 bits per heavy atom. The van der Waals surface area contributed by atoms with Crippen LogP contribution in [0, 0.1) is 17.5 Å². The maximum atomic E-state index is 14.0. The third-order valence-electron chi connectivity index (χ3n) is 3.96. The summed E-state index contributed by atoms with van der Waals surface area (Å²) in [6.45, 7) is 0. The fourth-order valence-corrected chi connectivity index (χ4v) is 2.58. The Hall–Kier alpha value is -2.97. The number of aryl methyl sites for hydroxylation is 1. The number of rotatable bonds is 4. The van der Waals surface area contributed by atoms with Gasteiger partial charge in [0.05, 0.1) is 11.2 Å². The number of halogens is 6. The summed E-state index contributed by atoms with van der Waals surface area (Å²) in [6, 6.07) is 4.96. The maximum absolute atomic E-state index is 14.0. The third-order valence-corrected chi connectivity index (χ3v) is 3.96. The van der Waals surface area contributed by atoms with Gasteiger partial charge in [0.15, 0.2) is 11.6 Å². The minimum absolute atomic E-state index is 0.125. The van der Waals surface area contributed by atoms with E-state index in [1.807, 2.05) is 0 Å². The van der Waals surface area contributed by atoms with Crippen molar-refractivity contribution >= 4 is 22.5 Å². The predicted octanol–water partition coefficient (Wildman–Crippen LogP) is 5.33. The number of aromatic nitrogens is 1. The number of anilines is 1. The second kappa shape index (κ2) is 6.98. The first-order valence-electron chi connectivity index (χ1n) is 7.77. The molecule has 1 heterocycles. The molecule has 0 fully saturated rings. The molecule has 9 heteroatoms. The van der Waals surface area contributed by atoms with E-state index in [9.17, 15) is 31.1 Å². The summed E-state index contributed by atoms with van der Waals surface area (Å²) in [5.41, 5.74) is 0.113. The van der Waals surface area contributed by atoms with Crippen LogP contribution < -0.4 is 5.32 Å². The van der Waals surface area contributed by atoms with Crippen LogP contribution >= 0.6 is 0 Å². The number of aromatic amines is 1. The van der Waals surface area contributed by atoms with E-state index in [0.717, 1.165) is 24.3 Å². The molecule has 0 saturated carbocycles. The molecule has 3 aromatic rings. The Morgan fingerprint density at radius 1 is 1.00 bits per heavy atom. The van der Waals surface area contributed by atoms with Crippen LogP contribution in [0.5, 0.6) is 0 Å². The van der Waals surface area contributed by atoms with Gasteiger partial charge in [-0.1, -0.05) is 6.07 Å². The van der Waals surface area contributed by atoms with Gasteiger partial charge in [0.25, 0.3) is 5.91 Å². The molecule has 0 aliphatic carbocycles. The number of amides is 1. The molecule has 0 spiro atoms. The number of carbonyl (C=O) groups is 1. The molecule has 3 rings (SSSR count). The van der Waals surface area contributed by atoms with Gasteiger partial charge < -0.3 is 10.3 Å². The summed E-state index contributed by atoms with van der Waals surface area (Å²) >= 11 is 0. The van der Waals surface area contributed by atoms with Gasteiger partial charge in [-0.3, -0.25) is 4.79 Å². The Bertz CT molecular complexity index is 1010. The molecule has 2 N–H and O–H groups in total. The molecule has 0 aliphatic rings. The molecule has 1 amide bonds. The van der Waals surface area contributed by atoms with E-state index in [2.05, 4.69) is 10.3 Å². The Balaban J connectivity index is 1.79. The SMILES string of the molecule is O=C(Nc1c[nH]c2cc(F)c(F)cc12)c1ccc(CCC(F)(F)F)c(F)c1. The third kappa shape index (κ3) is 4.24. The minimum atomic E-state index is -4.41. The maximum Gasteiger partial charge on any atom is 0.389 e. The lowest BCUT2D eigenvalue weighted by atomic mass is 10.1. The van der Waals surface area contributed by atoms with Gasteiger partial charge in [0.2, 0.25) is 0 Å². The van der Waals surface area contributed by atoms with Gasteiger partial charge in [-0.2, -0.15) is 13.2 Å². The minimum Gasteiger partial charge on any atom is -0.359 e. The van der Waals surface area contributed by atoms with Gasteiger partial charge in [-0.05, 0) is 30.2 Å². The summed E-state index contributed by atoms with van der Waals surface area (Å²) in [5, 5.41) is 2.64. The van der Waals surface area contributed by atoms with Crippen molar-refractivity contribution in [2.24, 2.45) is 0 Å². The summed E-state index contributed by atoms with van der Waals surface area (Å²) in [6.07, 6.45) is -4.81. The number of nitrogens with one attached hydrogen (secondary N) is 2. The van der Waals surface area contributed by atoms with E-state index in [4.69, 9.17) is 0 Å². The van der Waals surface area contributed by atoms with Crippen molar-refractivity contribution in [3.63, 3.8) is 0 Å². The highest BCUT2D eigenvalue weighted by molar-refractivity contribution is 6.09. The smallest absolute Gasteiger partial charge is 0.359 e. The second-order valence-corrected chi connectivity index (χ2v) is 5.89. The molecule has 3 nitrogen and oxygen atoms in total. The fourth-order valence-electron chi connectivity index (χ4n) is 2.58. The van der Waals surface area contributed by atoms with Gasteiger partial charge in [0, 0.05) is 29.6 Å². The van der Waals surface area contributed by atoms with E-state index in [1.54, 1.807) is 0 Å². The lowest BCUT2D eigenvalue weighted by molar-refractivity contribution is -0.134. The van der Waals surface area contributed by atoms with Crippen molar-refractivity contribution < 1.29 is 31.1 Å². The van der Waals surface area contributed by atoms with Crippen molar-refractivity contribution in [1.29, 1.82) is 0 Å². The number of hydrogen-bond donors (Lipinski definition) is 2. The number of H-pyrrole nitrogens is 1. The van der Waals surface area contributed by atoms with Crippen molar-refractivity contribution in [2.75, 3.05) is 5.32 Å². The van der Waals surface area contributed by atoms with Crippen LogP contribution in [0.25, 0.3) is 10.9 Å². The second-order valence-electron chi connectivity index (χ2n) is 5.89. The molecule has 0 unspecified atom stereocenters. The van der Waals surface area contributed by atoms with Crippen molar-refractivity contribution in [3.8, 4) is 0 Å². The zero-order chi connectivity index (χ0) is 19.8. The van der Waals surface area contributed by atoms with Gasteiger partial charge in [-0.15, -0.1) is 0 Å². The molecule has 0 bridgehead atoms. The molecule has 0 radical (unpaired) electrons. The highest BCUT2D eigenvalue weighted by atomic mass is 19.4. The summed E-state index contributed by atoms with van der Waals surface area (Å²) in [5.74, 6) is -3.84. The van der Waals surface area contributed by atoms with Crippen molar-refractivity contribution in [1.82, 2.24) is 4.98 Å². The zero-order valence-electron chi connectivity index (χ0n) is 13.6. The lowest BCUT2D eigenvalue weighted by Gasteiger charge is -2.09. The van der Waals surface area contributed by atoms with Gasteiger partial charge in [-0.25, -0.2) is 13.2 Å². The molecule has 1 aromatic heterocycles. The van der Waals surface area contributed by atoms with Crippen LogP contribution in [0.2, 0.25) is 0 Å². The molecule has 2 aromatic carbocycles. The highest BCUT2D eigenvalue weighted by Gasteiger charge is 2.27. The highest BCUT2D eigenvalue weighted by Crippen LogP contribution is 2.27.